The lowest BCUT2D eigenvalue weighted by atomic mass is 9.78. The van der Waals surface area contributed by atoms with Crippen molar-refractivity contribution in [1.82, 2.24) is 9.88 Å². The van der Waals surface area contributed by atoms with E-state index in [0.29, 0.717) is 41.0 Å². The second-order valence-corrected chi connectivity index (χ2v) is 9.37. The monoisotopic (exact) mass is 420 g/mol. The normalized spacial score (nSPS) is 30.7. The summed E-state index contributed by atoms with van der Waals surface area (Å²) in [6.07, 6.45) is 8.66. The molecule has 7 heteroatoms. The van der Waals surface area contributed by atoms with E-state index >= 15 is 0 Å². The first kappa shape index (κ1) is 19.8. The number of likely N-dealkylation sites (tertiary alicyclic amines) is 1. The summed E-state index contributed by atoms with van der Waals surface area (Å²) in [7, 11) is 0. The number of aromatic nitrogens is 1. The van der Waals surface area contributed by atoms with E-state index < -0.39 is 0 Å². The molecule has 1 saturated carbocycles. The van der Waals surface area contributed by atoms with Gasteiger partial charge in [-0.2, -0.15) is 0 Å². The molecule has 1 aliphatic carbocycles. The van der Waals surface area contributed by atoms with Crippen LogP contribution in [0.15, 0.2) is 12.3 Å². The van der Waals surface area contributed by atoms with Gasteiger partial charge in [-0.05, 0) is 51.0 Å². The topological polar surface area (TPSA) is 40.8 Å². The van der Waals surface area contributed by atoms with E-state index in [1.165, 1.54) is 0 Å². The number of hydrogen-bond donors (Lipinski definition) is 0. The van der Waals surface area contributed by atoms with Gasteiger partial charge in [0.15, 0.2) is 0 Å². The molecule has 1 aromatic rings. The lowest BCUT2D eigenvalue weighted by Gasteiger charge is -2.41. The van der Waals surface area contributed by atoms with Crippen molar-refractivity contribution in [3.63, 3.8) is 0 Å². The van der Waals surface area contributed by atoms with Crippen LogP contribution in [-0.2, 0) is 4.79 Å². The Morgan fingerprint density at radius 2 is 2.00 bits per heavy atom. The van der Waals surface area contributed by atoms with Gasteiger partial charge in [0.25, 0.3) is 0 Å². The predicted octanol–water partition coefficient (Wildman–Crippen LogP) is 4.69. The van der Waals surface area contributed by atoms with Crippen molar-refractivity contribution in [1.29, 1.82) is 0 Å². The smallest absolute Gasteiger partial charge is 0.230 e. The largest absolute Gasteiger partial charge is 0.354 e. The second kappa shape index (κ2) is 8.08. The first-order valence-corrected chi connectivity index (χ1v) is 11.0. The number of anilines is 1. The summed E-state index contributed by atoms with van der Waals surface area (Å²) in [4.78, 5) is 25.8. The Morgan fingerprint density at radius 1 is 1.21 bits per heavy atom. The van der Waals surface area contributed by atoms with E-state index in [2.05, 4.69) is 19.6 Å². The first-order chi connectivity index (χ1) is 13.5. The van der Waals surface area contributed by atoms with Crippen molar-refractivity contribution in [2.45, 2.75) is 51.0 Å². The van der Waals surface area contributed by atoms with Gasteiger partial charge in [0.1, 0.15) is 5.82 Å². The fraction of sp³-hybridized carbons (Fsp3) is 0.667. The molecule has 2 aliphatic heterocycles. The molecule has 3 fully saturated rings. The quantitative estimate of drug-likeness (QED) is 0.666. The molecule has 0 bridgehead atoms. The zero-order chi connectivity index (χ0) is 19.7. The van der Waals surface area contributed by atoms with Crippen LogP contribution >= 0.6 is 23.2 Å². The van der Waals surface area contributed by atoms with Gasteiger partial charge < -0.3 is 14.6 Å². The molecule has 5 nitrogen and oxygen atoms in total. The fourth-order valence-electron chi connectivity index (χ4n) is 5.30. The molecule has 1 amide bonds. The summed E-state index contributed by atoms with van der Waals surface area (Å²) in [6, 6.07) is 2.07. The first-order valence-electron chi connectivity index (χ1n) is 10.2. The Kier molecular flexibility index (Phi) is 5.71. The van der Waals surface area contributed by atoms with Crippen LogP contribution in [0.4, 0.5) is 5.82 Å². The average molecular weight is 421 g/mol. The fourth-order valence-corrected chi connectivity index (χ4v) is 5.80. The summed E-state index contributed by atoms with van der Waals surface area (Å²) in [5.41, 5.74) is -0.309. The molecule has 3 aliphatic rings. The molecular formula is C21H26Cl2N4O. The number of piperidine rings is 1. The van der Waals surface area contributed by atoms with Crippen molar-refractivity contribution < 1.29 is 4.79 Å². The number of carbonyl (C=O) groups is 1. The number of hydrogen-bond acceptors (Lipinski definition) is 3. The highest BCUT2D eigenvalue weighted by Gasteiger charge is 2.51. The molecule has 3 heterocycles. The van der Waals surface area contributed by atoms with Crippen LogP contribution in [0.25, 0.3) is 4.85 Å². The highest BCUT2D eigenvalue weighted by molar-refractivity contribution is 6.36. The predicted molar refractivity (Wildman–Crippen MR) is 112 cm³/mol. The van der Waals surface area contributed by atoms with Crippen molar-refractivity contribution in [3.8, 4) is 0 Å². The molecule has 1 atom stereocenters. The highest BCUT2D eigenvalue weighted by Crippen LogP contribution is 2.44. The number of rotatable bonds is 3. The van der Waals surface area contributed by atoms with Crippen LogP contribution in [0.5, 0.6) is 0 Å². The lowest BCUT2D eigenvalue weighted by molar-refractivity contribution is -0.139. The Bertz CT molecular complexity index is 787. The second-order valence-electron chi connectivity index (χ2n) is 8.53. The minimum Gasteiger partial charge on any atom is -0.354 e. The average Bonchev–Trinajstić information content (AvgIpc) is 2.99. The van der Waals surface area contributed by atoms with Gasteiger partial charge in [-0.1, -0.05) is 23.2 Å². The number of carbonyl (C=O) groups excluding carboxylic acids is 1. The Balaban J connectivity index is 1.45. The molecule has 4 rings (SSSR count). The van der Waals surface area contributed by atoms with Crippen LogP contribution in [0.3, 0.4) is 0 Å². The van der Waals surface area contributed by atoms with Gasteiger partial charge in [0.05, 0.1) is 15.5 Å². The van der Waals surface area contributed by atoms with E-state index in [1.54, 1.807) is 12.3 Å². The minimum atomic E-state index is -0.309. The zero-order valence-corrected chi connectivity index (χ0v) is 17.6. The van der Waals surface area contributed by atoms with Gasteiger partial charge in [-0.15, -0.1) is 0 Å². The maximum atomic E-state index is 13.5. The molecule has 0 aromatic carbocycles. The van der Waals surface area contributed by atoms with Gasteiger partial charge in [0.2, 0.25) is 12.5 Å². The number of nitrogens with zero attached hydrogens (tertiary/aromatic N) is 4. The molecule has 150 valence electrons. The summed E-state index contributed by atoms with van der Waals surface area (Å²) >= 11 is 12.4. The van der Waals surface area contributed by atoms with E-state index in [4.69, 9.17) is 29.8 Å². The van der Waals surface area contributed by atoms with Crippen LogP contribution in [0.1, 0.15) is 44.9 Å². The Labute approximate surface area is 176 Å². The molecule has 28 heavy (non-hydrogen) atoms. The Hall–Kier alpha value is -1.51. The maximum Gasteiger partial charge on any atom is 0.230 e. The van der Waals surface area contributed by atoms with Crippen LogP contribution in [-0.4, -0.2) is 48.0 Å². The highest BCUT2D eigenvalue weighted by atomic mass is 35.5. The van der Waals surface area contributed by atoms with Crippen LogP contribution in [0.2, 0.25) is 10.0 Å². The Morgan fingerprint density at radius 3 is 2.71 bits per heavy atom. The van der Waals surface area contributed by atoms with Crippen molar-refractivity contribution in [2.24, 2.45) is 11.3 Å². The molecule has 1 spiro atoms. The number of amides is 1. The van der Waals surface area contributed by atoms with Gasteiger partial charge in [0, 0.05) is 37.8 Å². The number of halogens is 2. The molecule has 0 N–H and O–H groups in total. The third-order valence-electron chi connectivity index (χ3n) is 6.82. The molecule has 1 unspecified atom stereocenters. The van der Waals surface area contributed by atoms with Crippen LogP contribution < -0.4 is 4.90 Å². The SMILES string of the molecule is [C-]#[N+]C[C@H]1CC[C@H](N2CCC3(CCCN(c4ncc(Cl)cc4Cl)C3)C2=O)CC1. The van der Waals surface area contributed by atoms with E-state index in [0.717, 1.165) is 63.9 Å². The standard InChI is InChI=1S/C21H26Cl2N4O/c1-24-12-15-3-5-17(6-4-15)27-10-8-21(20(27)28)7-2-9-26(14-21)19-18(23)11-16(22)13-25-19/h11,13,15,17H,2-10,12,14H2/t15-,17-,21?. The summed E-state index contributed by atoms with van der Waals surface area (Å²) in [6.45, 7) is 10.1. The molecule has 1 aromatic heterocycles. The van der Waals surface area contributed by atoms with E-state index in [1.807, 2.05) is 0 Å². The third-order valence-corrected chi connectivity index (χ3v) is 7.30. The van der Waals surface area contributed by atoms with Crippen molar-refractivity contribution in [2.75, 3.05) is 31.1 Å². The summed E-state index contributed by atoms with van der Waals surface area (Å²) in [5.74, 6) is 1.57. The summed E-state index contributed by atoms with van der Waals surface area (Å²) in [5, 5.41) is 1.07. The zero-order valence-electron chi connectivity index (χ0n) is 16.0. The number of pyridine rings is 1. The van der Waals surface area contributed by atoms with Crippen molar-refractivity contribution >= 4 is 34.9 Å². The molecular weight excluding hydrogens is 395 g/mol. The molecule has 0 radical (unpaired) electrons. The van der Waals surface area contributed by atoms with Gasteiger partial charge in [-0.25, -0.2) is 11.6 Å². The summed E-state index contributed by atoms with van der Waals surface area (Å²) < 4.78 is 0. The van der Waals surface area contributed by atoms with Crippen LogP contribution in [0, 0.1) is 17.9 Å². The molecule has 2 saturated heterocycles. The van der Waals surface area contributed by atoms with E-state index in [9.17, 15) is 4.79 Å². The maximum absolute atomic E-state index is 13.5. The lowest BCUT2D eigenvalue weighted by Crippen LogP contribution is -2.50. The van der Waals surface area contributed by atoms with Gasteiger partial charge >= 0.3 is 0 Å². The third kappa shape index (κ3) is 3.69. The van der Waals surface area contributed by atoms with Crippen molar-refractivity contribution in [3.05, 3.63) is 33.7 Å². The minimum absolute atomic E-state index is 0.309. The van der Waals surface area contributed by atoms with E-state index in [-0.39, 0.29) is 5.41 Å². The van der Waals surface area contributed by atoms with Gasteiger partial charge in [-0.3, -0.25) is 4.79 Å².